The molecule has 0 radical (unpaired) electrons. The van der Waals surface area contributed by atoms with Crippen molar-refractivity contribution < 1.29 is 0 Å². The first-order valence-corrected chi connectivity index (χ1v) is 12.7. The van der Waals surface area contributed by atoms with E-state index in [4.69, 9.17) is 10.1 Å². The van der Waals surface area contributed by atoms with Gasteiger partial charge in [0, 0.05) is 29.1 Å². The van der Waals surface area contributed by atoms with Crippen LogP contribution in [0.1, 0.15) is 37.7 Å². The standard InChI is InChI=1S/C30H30N6/c1-21-9-8-10-22(19-21)29-30(23-17-18-31-27(20-23)33-25-13-6-3-7-14-25)36-28(34-29)16-15-26(35-36)32-24-11-4-2-5-12-24/h2,4-5,8-12,15-20,25H,3,6-7,13-14H2,1H3,(H,31,33)(H,32,35). The second-order valence-corrected chi connectivity index (χ2v) is 9.57. The molecule has 0 aliphatic heterocycles. The third-order valence-corrected chi connectivity index (χ3v) is 6.81. The smallest absolute Gasteiger partial charge is 0.155 e. The van der Waals surface area contributed by atoms with Crippen LogP contribution in [0.25, 0.3) is 28.2 Å². The highest BCUT2D eigenvalue weighted by Gasteiger charge is 2.19. The molecule has 1 saturated carbocycles. The number of fused-ring (bicyclic) bond motifs is 1. The van der Waals surface area contributed by atoms with Gasteiger partial charge in [0.15, 0.2) is 11.5 Å². The lowest BCUT2D eigenvalue weighted by molar-refractivity contribution is 0.462. The third-order valence-electron chi connectivity index (χ3n) is 6.81. The van der Waals surface area contributed by atoms with E-state index in [0.29, 0.717) is 6.04 Å². The van der Waals surface area contributed by atoms with Crippen molar-refractivity contribution in [1.82, 2.24) is 19.6 Å². The zero-order valence-corrected chi connectivity index (χ0v) is 20.5. The van der Waals surface area contributed by atoms with Gasteiger partial charge in [-0.3, -0.25) is 0 Å². The quantitative estimate of drug-likeness (QED) is 0.271. The van der Waals surface area contributed by atoms with Crippen LogP contribution >= 0.6 is 0 Å². The minimum Gasteiger partial charge on any atom is -0.367 e. The van der Waals surface area contributed by atoms with E-state index >= 15 is 0 Å². The molecule has 0 amide bonds. The lowest BCUT2D eigenvalue weighted by Gasteiger charge is -2.23. The van der Waals surface area contributed by atoms with Crippen LogP contribution in [0, 0.1) is 6.92 Å². The molecule has 5 aromatic rings. The molecule has 0 spiro atoms. The predicted molar refractivity (Wildman–Crippen MR) is 147 cm³/mol. The molecular formula is C30H30N6. The van der Waals surface area contributed by atoms with Crippen LogP contribution in [0.3, 0.4) is 0 Å². The van der Waals surface area contributed by atoms with Crippen molar-refractivity contribution in [1.29, 1.82) is 0 Å². The fourth-order valence-electron chi connectivity index (χ4n) is 5.03. The molecule has 3 heterocycles. The number of anilines is 3. The van der Waals surface area contributed by atoms with Gasteiger partial charge < -0.3 is 10.6 Å². The summed E-state index contributed by atoms with van der Waals surface area (Å²) in [5, 5.41) is 12.0. The molecule has 0 bridgehead atoms. The minimum absolute atomic E-state index is 0.486. The molecule has 6 nitrogen and oxygen atoms in total. The summed E-state index contributed by atoms with van der Waals surface area (Å²) in [5.74, 6) is 1.67. The average molecular weight is 475 g/mol. The summed E-state index contributed by atoms with van der Waals surface area (Å²) >= 11 is 0. The summed E-state index contributed by atoms with van der Waals surface area (Å²) in [4.78, 5) is 9.67. The topological polar surface area (TPSA) is 67.1 Å². The zero-order valence-electron chi connectivity index (χ0n) is 20.5. The van der Waals surface area contributed by atoms with Crippen LogP contribution in [0.2, 0.25) is 0 Å². The number of aryl methyl sites for hydroxylation is 1. The van der Waals surface area contributed by atoms with E-state index in [1.807, 2.05) is 59.2 Å². The summed E-state index contributed by atoms with van der Waals surface area (Å²) < 4.78 is 1.95. The lowest BCUT2D eigenvalue weighted by atomic mass is 9.95. The molecular weight excluding hydrogens is 444 g/mol. The van der Waals surface area contributed by atoms with Gasteiger partial charge in [-0.1, -0.05) is 61.2 Å². The molecule has 0 saturated heterocycles. The largest absolute Gasteiger partial charge is 0.367 e. The normalized spacial score (nSPS) is 14.1. The van der Waals surface area contributed by atoms with E-state index in [2.05, 4.69) is 52.9 Å². The summed E-state index contributed by atoms with van der Waals surface area (Å²) in [5.41, 5.74) is 6.98. The van der Waals surface area contributed by atoms with Crippen LogP contribution in [0.15, 0.2) is 85.1 Å². The number of para-hydroxylation sites is 1. The average Bonchev–Trinajstić information content (AvgIpc) is 3.29. The monoisotopic (exact) mass is 474 g/mol. The fourth-order valence-corrected chi connectivity index (χ4v) is 5.03. The summed E-state index contributed by atoms with van der Waals surface area (Å²) in [6.07, 6.45) is 8.18. The van der Waals surface area contributed by atoms with Gasteiger partial charge in [-0.15, -0.1) is 5.10 Å². The summed E-state index contributed by atoms with van der Waals surface area (Å²) in [7, 11) is 0. The summed E-state index contributed by atoms with van der Waals surface area (Å²) in [6, 6.07) is 27.2. The van der Waals surface area contributed by atoms with Gasteiger partial charge in [0.2, 0.25) is 0 Å². The number of imidazole rings is 1. The number of nitrogens with zero attached hydrogens (tertiary/aromatic N) is 4. The molecule has 3 aromatic heterocycles. The van der Waals surface area contributed by atoms with Gasteiger partial charge in [0.05, 0.1) is 5.69 Å². The first-order valence-electron chi connectivity index (χ1n) is 12.7. The Morgan fingerprint density at radius 3 is 2.50 bits per heavy atom. The Hall–Kier alpha value is -4.19. The third kappa shape index (κ3) is 4.67. The fraction of sp³-hybridized carbons (Fsp3) is 0.233. The van der Waals surface area contributed by atoms with Crippen LogP contribution < -0.4 is 10.6 Å². The first-order chi connectivity index (χ1) is 17.7. The van der Waals surface area contributed by atoms with E-state index in [9.17, 15) is 0 Å². The van der Waals surface area contributed by atoms with Gasteiger partial charge in [0.25, 0.3) is 0 Å². The molecule has 36 heavy (non-hydrogen) atoms. The Balaban J connectivity index is 1.46. The predicted octanol–water partition coefficient (Wildman–Crippen LogP) is 7.25. The Kier molecular flexibility index (Phi) is 6.08. The molecule has 6 rings (SSSR count). The number of benzene rings is 2. The van der Waals surface area contributed by atoms with Gasteiger partial charge in [-0.05, 0) is 62.2 Å². The second-order valence-electron chi connectivity index (χ2n) is 9.57. The first kappa shape index (κ1) is 22.3. The van der Waals surface area contributed by atoms with E-state index in [0.717, 1.165) is 45.5 Å². The molecule has 0 unspecified atom stereocenters. The zero-order chi connectivity index (χ0) is 24.3. The SMILES string of the molecule is Cc1cccc(-c2nc3ccc(Nc4ccccc4)nn3c2-c2ccnc(NC3CCCCC3)c2)c1. The Labute approximate surface area is 211 Å². The number of hydrogen-bond acceptors (Lipinski definition) is 5. The van der Waals surface area contributed by atoms with Crippen molar-refractivity contribution in [3.8, 4) is 22.5 Å². The minimum atomic E-state index is 0.486. The molecule has 1 fully saturated rings. The number of pyridine rings is 1. The van der Waals surface area contributed by atoms with Crippen molar-refractivity contribution in [2.24, 2.45) is 0 Å². The highest BCUT2D eigenvalue weighted by molar-refractivity contribution is 5.83. The molecule has 2 aromatic carbocycles. The number of rotatable bonds is 6. The second kappa shape index (κ2) is 9.82. The van der Waals surface area contributed by atoms with Crippen molar-refractivity contribution >= 4 is 23.0 Å². The molecule has 0 atom stereocenters. The maximum absolute atomic E-state index is 5.03. The van der Waals surface area contributed by atoms with Crippen molar-refractivity contribution in [2.45, 2.75) is 45.1 Å². The Morgan fingerprint density at radius 2 is 1.67 bits per heavy atom. The van der Waals surface area contributed by atoms with Crippen molar-refractivity contribution in [3.63, 3.8) is 0 Å². The van der Waals surface area contributed by atoms with Crippen LogP contribution in [-0.4, -0.2) is 25.6 Å². The molecule has 6 heteroatoms. The van der Waals surface area contributed by atoms with Crippen LogP contribution in [0.5, 0.6) is 0 Å². The Bertz CT molecular complexity index is 1480. The lowest BCUT2D eigenvalue weighted by Crippen LogP contribution is -2.22. The number of aromatic nitrogens is 4. The molecule has 1 aliphatic rings. The highest BCUT2D eigenvalue weighted by atomic mass is 15.3. The van der Waals surface area contributed by atoms with E-state index in [-0.39, 0.29) is 0 Å². The van der Waals surface area contributed by atoms with Crippen LogP contribution in [-0.2, 0) is 0 Å². The molecule has 2 N–H and O–H groups in total. The summed E-state index contributed by atoms with van der Waals surface area (Å²) in [6.45, 7) is 2.11. The maximum Gasteiger partial charge on any atom is 0.155 e. The van der Waals surface area contributed by atoms with Crippen molar-refractivity contribution in [3.05, 3.63) is 90.6 Å². The Morgan fingerprint density at radius 1 is 0.806 bits per heavy atom. The highest BCUT2D eigenvalue weighted by Crippen LogP contribution is 2.34. The molecule has 1 aliphatic carbocycles. The van der Waals surface area contributed by atoms with E-state index < -0.39 is 0 Å². The van der Waals surface area contributed by atoms with E-state index in [1.165, 1.54) is 37.7 Å². The van der Waals surface area contributed by atoms with E-state index in [1.54, 1.807) is 0 Å². The number of hydrogen-bond donors (Lipinski definition) is 2. The van der Waals surface area contributed by atoms with Gasteiger partial charge >= 0.3 is 0 Å². The maximum atomic E-state index is 5.03. The van der Waals surface area contributed by atoms with Gasteiger partial charge in [0.1, 0.15) is 11.5 Å². The van der Waals surface area contributed by atoms with Crippen LogP contribution in [0.4, 0.5) is 17.3 Å². The number of nitrogens with one attached hydrogen (secondary N) is 2. The van der Waals surface area contributed by atoms with Crippen molar-refractivity contribution in [2.75, 3.05) is 10.6 Å². The van der Waals surface area contributed by atoms with Gasteiger partial charge in [-0.2, -0.15) is 0 Å². The van der Waals surface area contributed by atoms with Gasteiger partial charge in [-0.25, -0.2) is 14.5 Å². The molecule has 180 valence electrons.